The Morgan fingerprint density at radius 2 is 2.00 bits per heavy atom. The Morgan fingerprint density at radius 3 is 2.08 bits per heavy atom. The number of hydrogen-bond acceptors (Lipinski definition) is 7. The molecule has 7 heteroatoms. The minimum absolute atomic E-state index is 0.611. The van der Waals surface area contributed by atoms with E-state index in [0.29, 0.717) is 0 Å². The highest BCUT2D eigenvalue weighted by atomic mass is 17.3. The van der Waals surface area contributed by atoms with Gasteiger partial charge < -0.3 is 9.84 Å². The van der Waals surface area contributed by atoms with Crippen molar-refractivity contribution in [2.45, 2.75) is 13.2 Å². The van der Waals surface area contributed by atoms with Gasteiger partial charge in [-0.05, 0) is 6.92 Å². The number of carbonyl (C=O) groups is 1. The quantitative estimate of drug-likeness (QED) is 0.163. The summed E-state index contributed by atoms with van der Waals surface area (Å²) in [5.41, 5.74) is 0. The molecular weight excluding hydrogens is 168 g/mol. The molecule has 0 radical (unpaired) electrons. The molecule has 0 aliphatic carbocycles. The molecular formula is C5H12N2O5. The van der Waals surface area contributed by atoms with Gasteiger partial charge in [0.25, 0.3) is 0 Å². The van der Waals surface area contributed by atoms with E-state index in [0.717, 1.165) is 6.08 Å². The van der Waals surface area contributed by atoms with Gasteiger partial charge in [0.05, 0.1) is 0 Å². The summed E-state index contributed by atoms with van der Waals surface area (Å²) in [7, 11) is 0. The van der Waals surface area contributed by atoms with Gasteiger partial charge in [-0.3, -0.25) is 0 Å². The fourth-order valence-corrected chi connectivity index (χ4v) is 0.216. The van der Waals surface area contributed by atoms with Crippen LogP contribution in [0.2, 0.25) is 0 Å². The maximum absolute atomic E-state index is 10.1. The molecule has 0 saturated carbocycles. The molecule has 1 atom stereocenters. The normalized spacial score (nSPS) is 10.7. The Morgan fingerprint density at radius 1 is 1.58 bits per heavy atom. The summed E-state index contributed by atoms with van der Waals surface area (Å²) >= 11 is 0. The van der Waals surface area contributed by atoms with Crippen LogP contribution in [0.5, 0.6) is 0 Å². The van der Waals surface area contributed by atoms with E-state index in [4.69, 9.17) is 5.11 Å². The third-order valence-corrected chi connectivity index (χ3v) is 0.509. The maximum Gasteiger partial charge on any atom is 0.332 e. The summed E-state index contributed by atoms with van der Waals surface area (Å²) in [4.78, 5) is 16.8. The van der Waals surface area contributed by atoms with Crippen molar-refractivity contribution < 1.29 is 24.6 Å². The zero-order valence-electron chi connectivity index (χ0n) is 6.60. The standard InChI is InChI=1S/C5H8O3.H4N2O2/c1-3-5(7)8-4(2)6;1-3-4-2/h3-4,6H,1H2,2H3;1-2H2. The van der Waals surface area contributed by atoms with Gasteiger partial charge in [0.1, 0.15) is 0 Å². The summed E-state index contributed by atoms with van der Waals surface area (Å²) in [6.07, 6.45) is -0.0484. The van der Waals surface area contributed by atoms with E-state index in [-0.39, 0.29) is 0 Å². The minimum atomic E-state index is -1.04. The first-order valence-corrected chi connectivity index (χ1v) is 2.81. The van der Waals surface area contributed by atoms with Crippen molar-refractivity contribution in [1.29, 1.82) is 0 Å². The molecule has 0 rings (SSSR count). The molecule has 0 aliphatic heterocycles. The average molecular weight is 180 g/mol. The molecule has 0 aromatic rings. The summed E-state index contributed by atoms with van der Waals surface area (Å²) in [6, 6.07) is 0. The average Bonchev–Trinajstić information content (AvgIpc) is 2.04. The van der Waals surface area contributed by atoms with E-state index in [1.54, 1.807) is 0 Å². The monoisotopic (exact) mass is 180 g/mol. The summed E-state index contributed by atoms with van der Waals surface area (Å²) < 4.78 is 4.20. The van der Waals surface area contributed by atoms with Crippen molar-refractivity contribution in [3.63, 3.8) is 0 Å². The summed E-state index contributed by atoms with van der Waals surface area (Å²) in [6.45, 7) is 4.48. The number of aliphatic hydroxyl groups is 1. The van der Waals surface area contributed by atoms with E-state index >= 15 is 0 Å². The van der Waals surface area contributed by atoms with Gasteiger partial charge in [-0.25, -0.2) is 4.79 Å². The fourth-order valence-electron chi connectivity index (χ4n) is 0.216. The van der Waals surface area contributed by atoms with Gasteiger partial charge in [0.2, 0.25) is 0 Å². The molecule has 0 heterocycles. The Kier molecular flexibility index (Phi) is 11.3. The Balaban J connectivity index is 0. The van der Waals surface area contributed by atoms with Crippen LogP contribution in [0.3, 0.4) is 0 Å². The second kappa shape index (κ2) is 10.0. The minimum Gasteiger partial charge on any atom is -0.433 e. The molecule has 0 bridgehead atoms. The number of rotatable bonds is 3. The topological polar surface area (TPSA) is 117 Å². The molecule has 0 aromatic carbocycles. The van der Waals surface area contributed by atoms with E-state index in [2.05, 4.69) is 33.1 Å². The van der Waals surface area contributed by atoms with Crippen LogP contribution in [0.4, 0.5) is 0 Å². The van der Waals surface area contributed by atoms with Crippen LogP contribution in [-0.4, -0.2) is 17.4 Å². The van der Waals surface area contributed by atoms with Gasteiger partial charge in [0, 0.05) is 6.08 Å². The molecule has 5 N–H and O–H groups in total. The van der Waals surface area contributed by atoms with Crippen molar-refractivity contribution in [3.05, 3.63) is 12.7 Å². The van der Waals surface area contributed by atoms with Crippen molar-refractivity contribution in [2.24, 2.45) is 11.8 Å². The third kappa shape index (κ3) is 16.0. The number of esters is 1. The van der Waals surface area contributed by atoms with Crippen LogP contribution in [0.25, 0.3) is 0 Å². The van der Waals surface area contributed by atoms with E-state index < -0.39 is 12.3 Å². The third-order valence-electron chi connectivity index (χ3n) is 0.509. The highest BCUT2D eigenvalue weighted by Gasteiger charge is 1.97. The van der Waals surface area contributed by atoms with Crippen LogP contribution < -0.4 is 11.8 Å². The van der Waals surface area contributed by atoms with E-state index in [1.165, 1.54) is 6.92 Å². The lowest BCUT2D eigenvalue weighted by molar-refractivity contribution is -0.304. The van der Waals surface area contributed by atoms with Crippen LogP contribution in [0, 0.1) is 0 Å². The number of hydrogen-bond donors (Lipinski definition) is 3. The fraction of sp³-hybridized carbons (Fsp3) is 0.400. The Hall–Kier alpha value is -0.990. The molecule has 12 heavy (non-hydrogen) atoms. The molecule has 0 amide bonds. The molecule has 0 fully saturated rings. The van der Waals surface area contributed by atoms with Gasteiger partial charge in [0.15, 0.2) is 6.29 Å². The number of nitrogens with two attached hydrogens (primary N) is 2. The Labute approximate surface area is 69.3 Å². The predicted octanol–water partition coefficient (Wildman–Crippen LogP) is -1.26. The lowest BCUT2D eigenvalue weighted by atomic mass is 10.6. The van der Waals surface area contributed by atoms with Gasteiger partial charge in [-0.15, -0.1) is 9.98 Å². The van der Waals surface area contributed by atoms with Crippen LogP contribution in [0.15, 0.2) is 12.7 Å². The SMILES string of the molecule is C=CC(=O)OC(C)O.NOON. The number of ether oxygens (including phenoxy) is 1. The lowest BCUT2D eigenvalue weighted by Gasteiger charge is -2.01. The van der Waals surface area contributed by atoms with Crippen molar-refractivity contribution in [3.8, 4) is 0 Å². The molecule has 0 aromatic heterocycles. The molecule has 0 spiro atoms. The molecule has 0 saturated heterocycles. The molecule has 7 nitrogen and oxygen atoms in total. The molecule has 0 aliphatic rings. The van der Waals surface area contributed by atoms with Crippen molar-refractivity contribution >= 4 is 5.97 Å². The van der Waals surface area contributed by atoms with Crippen LogP contribution in [-0.2, 0) is 19.5 Å². The van der Waals surface area contributed by atoms with Gasteiger partial charge in [-0.1, -0.05) is 6.58 Å². The second-order valence-electron chi connectivity index (χ2n) is 1.43. The summed E-state index contributed by atoms with van der Waals surface area (Å²) in [5.74, 6) is 7.75. The van der Waals surface area contributed by atoms with E-state index in [9.17, 15) is 4.79 Å². The largest absolute Gasteiger partial charge is 0.433 e. The maximum atomic E-state index is 10.1. The molecule has 72 valence electrons. The second-order valence-corrected chi connectivity index (χ2v) is 1.43. The lowest BCUT2D eigenvalue weighted by Crippen LogP contribution is -2.10. The summed E-state index contributed by atoms with van der Waals surface area (Å²) in [5, 5.41) is 8.36. The predicted molar refractivity (Wildman–Crippen MR) is 38.5 cm³/mol. The van der Waals surface area contributed by atoms with Crippen LogP contribution >= 0.6 is 0 Å². The first kappa shape index (κ1) is 13.6. The Bertz CT molecular complexity index is 125. The first-order chi connectivity index (χ1) is 5.58. The van der Waals surface area contributed by atoms with Gasteiger partial charge >= 0.3 is 5.97 Å². The van der Waals surface area contributed by atoms with Crippen molar-refractivity contribution in [1.82, 2.24) is 0 Å². The zero-order valence-corrected chi connectivity index (χ0v) is 6.60. The highest BCUT2D eigenvalue weighted by Crippen LogP contribution is 1.84. The number of carbonyl (C=O) groups excluding carboxylic acids is 1. The van der Waals surface area contributed by atoms with E-state index in [1.807, 2.05) is 0 Å². The van der Waals surface area contributed by atoms with Gasteiger partial charge in [-0.2, -0.15) is 11.8 Å². The van der Waals surface area contributed by atoms with Crippen LogP contribution in [0.1, 0.15) is 6.92 Å². The highest BCUT2D eigenvalue weighted by molar-refractivity contribution is 5.81. The van der Waals surface area contributed by atoms with Crippen molar-refractivity contribution in [2.75, 3.05) is 0 Å². The smallest absolute Gasteiger partial charge is 0.332 e. The number of aliphatic hydroxyl groups excluding tert-OH is 1. The zero-order chi connectivity index (χ0) is 9.98. The molecule has 1 unspecified atom stereocenters. The first-order valence-electron chi connectivity index (χ1n) is 2.81.